The lowest BCUT2D eigenvalue weighted by molar-refractivity contribution is -0.115. The van der Waals surface area contributed by atoms with Crippen LogP contribution in [0.3, 0.4) is 0 Å². The highest BCUT2D eigenvalue weighted by Gasteiger charge is 2.29. The van der Waals surface area contributed by atoms with Crippen LogP contribution in [-0.2, 0) is 11.2 Å². The molecule has 1 fully saturated rings. The Hall–Kier alpha value is -1.06. The number of aliphatic hydroxyl groups is 1. The van der Waals surface area contributed by atoms with E-state index < -0.39 is 6.10 Å². The minimum atomic E-state index is -0.522. The van der Waals surface area contributed by atoms with Crippen LogP contribution in [0.5, 0.6) is 0 Å². The molecule has 3 nitrogen and oxygen atoms in total. The zero-order valence-corrected chi connectivity index (χ0v) is 11.5. The van der Waals surface area contributed by atoms with Crippen LogP contribution >= 0.6 is 11.6 Å². The highest BCUT2D eigenvalue weighted by atomic mass is 35.5. The molecular formula is C15H18ClNO2. The number of rotatable bonds is 2. The maximum atomic E-state index is 11.5. The molecule has 19 heavy (non-hydrogen) atoms. The molecule has 0 spiro atoms. The fourth-order valence-electron chi connectivity index (χ4n) is 3.27. The first kappa shape index (κ1) is 12.9. The lowest BCUT2D eigenvalue weighted by Crippen LogP contribution is -2.17. The highest BCUT2D eigenvalue weighted by Crippen LogP contribution is 2.41. The molecule has 3 rings (SSSR count). The van der Waals surface area contributed by atoms with Crippen molar-refractivity contribution in [3.05, 3.63) is 28.3 Å². The van der Waals surface area contributed by atoms with Gasteiger partial charge in [0, 0.05) is 10.6 Å². The molecule has 1 aromatic carbocycles. The Morgan fingerprint density at radius 2 is 2.00 bits per heavy atom. The van der Waals surface area contributed by atoms with E-state index in [1.54, 1.807) is 6.07 Å². The van der Waals surface area contributed by atoms with Crippen LogP contribution in [-0.4, -0.2) is 11.0 Å². The number of fused-ring (bicyclic) bond motifs is 1. The molecule has 0 saturated heterocycles. The molecule has 2 N–H and O–H groups in total. The number of carbonyl (C=O) groups is 1. The van der Waals surface area contributed by atoms with Crippen LogP contribution in [0, 0.1) is 5.92 Å². The van der Waals surface area contributed by atoms with Gasteiger partial charge >= 0.3 is 0 Å². The Morgan fingerprint density at radius 3 is 2.74 bits per heavy atom. The average Bonchev–Trinajstić information content (AvgIpc) is 2.78. The zero-order valence-electron chi connectivity index (χ0n) is 10.8. The van der Waals surface area contributed by atoms with E-state index in [4.69, 9.17) is 11.6 Å². The van der Waals surface area contributed by atoms with Gasteiger partial charge < -0.3 is 10.4 Å². The summed E-state index contributed by atoms with van der Waals surface area (Å²) in [6.45, 7) is 0. The van der Waals surface area contributed by atoms with Gasteiger partial charge in [0.2, 0.25) is 5.91 Å². The summed E-state index contributed by atoms with van der Waals surface area (Å²) in [6.07, 6.45) is 5.56. The molecule has 1 aliphatic carbocycles. The van der Waals surface area contributed by atoms with Crippen molar-refractivity contribution in [1.29, 1.82) is 0 Å². The number of hydrogen-bond acceptors (Lipinski definition) is 2. The lowest BCUT2D eigenvalue weighted by Gasteiger charge is -2.28. The van der Waals surface area contributed by atoms with Crippen LogP contribution in [0.1, 0.15) is 49.3 Å². The molecule has 1 aromatic rings. The standard InChI is InChI=1S/C15H18ClNO2/c16-11-6-10-7-13(18)17-14(10)12(8-11)15(19)9-4-2-1-3-5-9/h6,8-9,15,19H,1-5,7H2,(H,17,18). The number of anilines is 1. The summed E-state index contributed by atoms with van der Waals surface area (Å²) in [4.78, 5) is 11.5. The summed E-state index contributed by atoms with van der Waals surface area (Å²) in [7, 11) is 0. The first-order valence-corrected chi connectivity index (χ1v) is 7.33. The molecule has 0 aromatic heterocycles. The predicted molar refractivity (Wildman–Crippen MR) is 75.3 cm³/mol. The van der Waals surface area contributed by atoms with Crippen molar-refractivity contribution in [2.75, 3.05) is 5.32 Å². The van der Waals surface area contributed by atoms with Crippen LogP contribution in [0.2, 0.25) is 5.02 Å². The van der Waals surface area contributed by atoms with Crippen molar-refractivity contribution in [2.24, 2.45) is 5.92 Å². The van der Waals surface area contributed by atoms with E-state index in [-0.39, 0.29) is 11.8 Å². The second-order valence-electron chi connectivity index (χ2n) is 5.60. The SMILES string of the molecule is O=C1Cc2cc(Cl)cc(C(O)C3CCCCC3)c2N1. The van der Waals surface area contributed by atoms with E-state index in [1.165, 1.54) is 19.3 Å². The van der Waals surface area contributed by atoms with Crippen molar-refractivity contribution in [1.82, 2.24) is 0 Å². The lowest BCUT2D eigenvalue weighted by atomic mass is 9.82. The largest absolute Gasteiger partial charge is 0.388 e. The maximum absolute atomic E-state index is 11.5. The Bertz CT molecular complexity index is 509. The summed E-state index contributed by atoms with van der Waals surface area (Å²) in [5, 5.41) is 14.1. The van der Waals surface area contributed by atoms with Crippen molar-refractivity contribution in [3.8, 4) is 0 Å². The highest BCUT2D eigenvalue weighted by molar-refractivity contribution is 6.31. The third-order valence-electron chi connectivity index (χ3n) is 4.25. The molecule has 1 unspecified atom stereocenters. The Labute approximate surface area is 118 Å². The van der Waals surface area contributed by atoms with Gasteiger partial charge in [0.25, 0.3) is 0 Å². The summed E-state index contributed by atoms with van der Waals surface area (Å²) < 4.78 is 0. The quantitative estimate of drug-likeness (QED) is 0.871. The molecule has 0 radical (unpaired) electrons. The smallest absolute Gasteiger partial charge is 0.228 e. The topological polar surface area (TPSA) is 49.3 Å². The second-order valence-corrected chi connectivity index (χ2v) is 6.03. The van der Waals surface area contributed by atoms with Gasteiger partial charge in [-0.15, -0.1) is 0 Å². The number of carbonyl (C=O) groups excluding carboxylic acids is 1. The van der Waals surface area contributed by atoms with Crippen LogP contribution in [0.4, 0.5) is 5.69 Å². The van der Waals surface area contributed by atoms with Crippen LogP contribution in [0.25, 0.3) is 0 Å². The number of aliphatic hydroxyl groups excluding tert-OH is 1. The van der Waals surface area contributed by atoms with Gasteiger partial charge in [-0.05, 0) is 36.5 Å². The van der Waals surface area contributed by atoms with Gasteiger partial charge in [-0.3, -0.25) is 4.79 Å². The van der Waals surface area contributed by atoms with Gasteiger partial charge in [-0.25, -0.2) is 0 Å². The molecule has 1 saturated carbocycles. The van der Waals surface area contributed by atoms with Crippen molar-refractivity contribution < 1.29 is 9.90 Å². The van der Waals surface area contributed by atoms with E-state index in [0.29, 0.717) is 11.4 Å². The molecule has 1 amide bonds. The number of nitrogens with one attached hydrogen (secondary N) is 1. The summed E-state index contributed by atoms with van der Waals surface area (Å²) in [6, 6.07) is 3.61. The summed E-state index contributed by atoms with van der Waals surface area (Å²) in [5.74, 6) is 0.267. The molecule has 1 heterocycles. The summed E-state index contributed by atoms with van der Waals surface area (Å²) >= 11 is 6.11. The average molecular weight is 280 g/mol. The second kappa shape index (κ2) is 5.14. The van der Waals surface area contributed by atoms with Gasteiger partial charge in [0.1, 0.15) is 0 Å². The minimum Gasteiger partial charge on any atom is -0.388 e. The van der Waals surface area contributed by atoms with E-state index in [0.717, 1.165) is 29.7 Å². The normalized spacial score (nSPS) is 21.1. The van der Waals surface area contributed by atoms with Crippen molar-refractivity contribution in [3.63, 3.8) is 0 Å². The van der Waals surface area contributed by atoms with E-state index in [9.17, 15) is 9.90 Å². The number of halogens is 1. The number of hydrogen-bond donors (Lipinski definition) is 2. The van der Waals surface area contributed by atoms with Gasteiger partial charge in [-0.1, -0.05) is 30.9 Å². The van der Waals surface area contributed by atoms with Crippen molar-refractivity contribution in [2.45, 2.75) is 44.6 Å². The Balaban J connectivity index is 1.93. The van der Waals surface area contributed by atoms with Crippen LogP contribution in [0.15, 0.2) is 12.1 Å². The van der Waals surface area contributed by atoms with E-state index >= 15 is 0 Å². The molecular weight excluding hydrogens is 262 g/mol. The zero-order chi connectivity index (χ0) is 13.4. The predicted octanol–water partition coefficient (Wildman–Crippen LogP) is 3.45. The molecule has 2 aliphatic rings. The molecule has 0 bridgehead atoms. The first-order valence-electron chi connectivity index (χ1n) is 6.95. The third-order valence-corrected chi connectivity index (χ3v) is 4.46. The summed E-state index contributed by atoms with van der Waals surface area (Å²) in [5.41, 5.74) is 2.48. The fourth-order valence-corrected chi connectivity index (χ4v) is 3.52. The maximum Gasteiger partial charge on any atom is 0.228 e. The van der Waals surface area contributed by atoms with Crippen LogP contribution < -0.4 is 5.32 Å². The molecule has 4 heteroatoms. The van der Waals surface area contributed by atoms with Gasteiger partial charge in [0.15, 0.2) is 0 Å². The van der Waals surface area contributed by atoms with Crippen molar-refractivity contribution >= 4 is 23.2 Å². The van der Waals surface area contributed by atoms with Gasteiger partial charge in [-0.2, -0.15) is 0 Å². The minimum absolute atomic E-state index is 0.0191. The first-order chi connectivity index (χ1) is 9.15. The number of amides is 1. The third kappa shape index (κ3) is 2.49. The van der Waals surface area contributed by atoms with E-state index in [1.807, 2.05) is 6.07 Å². The number of benzene rings is 1. The van der Waals surface area contributed by atoms with E-state index in [2.05, 4.69) is 5.32 Å². The Morgan fingerprint density at radius 1 is 1.26 bits per heavy atom. The monoisotopic (exact) mass is 279 g/mol. The van der Waals surface area contributed by atoms with Gasteiger partial charge in [0.05, 0.1) is 18.2 Å². The fraction of sp³-hybridized carbons (Fsp3) is 0.533. The molecule has 1 atom stereocenters. The molecule has 1 aliphatic heterocycles. The molecule has 102 valence electrons. The Kier molecular flexibility index (Phi) is 3.50.